The predicted molar refractivity (Wildman–Crippen MR) is 72.0 cm³/mol. The van der Waals surface area contributed by atoms with Gasteiger partial charge in [0.15, 0.2) is 0 Å². The molecule has 4 heteroatoms. The second-order valence-electron chi connectivity index (χ2n) is 4.50. The topological polar surface area (TPSA) is 49.3 Å². The molecule has 0 amide bonds. The van der Waals surface area contributed by atoms with E-state index in [2.05, 4.69) is 21.2 Å². The summed E-state index contributed by atoms with van der Waals surface area (Å²) in [7, 11) is 0. The summed E-state index contributed by atoms with van der Waals surface area (Å²) in [6.45, 7) is 5.78. The van der Waals surface area contributed by atoms with Gasteiger partial charge in [0, 0.05) is 10.5 Å². The van der Waals surface area contributed by atoms with Crippen molar-refractivity contribution in [1.82, 2.24) is 5.32 Å². The van der Waals surface area contributed by atoms with Crippen molar-refractivity contribution < 1.29 is 9.90 Å². The molecule has 1 rings (SSSR count). The predicted octanol–water partition coefficient (Wildman–Crippen LogP) is 3.21. The number of carbonyl (C=O) groups is 1. The molecule has 0 aromatic heterocycles. The van der Waals surface area contributed by atoms with E-state index in [9.17, 15) is 4.79 Å². The lowest BCUT2D eigenvalue weighted by Crippen LogP contribution is -2.42. The molecule has 94 valence electrons. The van der Waals surface area contributed by atoms with Crippen molar-refractivity contribution in [3.05, 3.63) is 34.3 Å². The average molecular weight is 300 g/mol. The molecule has 0 heterocycles. The van der Waals surface area contributed by atoms with E-state index >= 15 is 0 Å². The number of rotatable bonds is 5. The van der Waals surface area contributed by atoms with E-state index in [0.29, 0.717) is 0 Å². The third-order valence-electron chi connectivity index (χ3n) is 2.71. The Kier molecular flexibility index (Phi) is 5.15. The molecule has 2 atom stereocenters. The second kappa shape index (κ2) is 6.17. The molecule has 0 spiro atoms. The van der Waals surface area contributed by atoms with E-state index in [1.807, 2.05) is 45.0 Å². The van der Waals surface area contributed by atoms with Gasteiger partial charge >= 0.3 is 5.97 Å². The lowest BCUT2D eigenvalue weighted by Gasteiger charge is -2.23. The molecule has 17 heavy (non-hydrogen) atoms. The third kappa shape index (κ3) is 4.13. The fourth-order valence-corrected chi connectivity index (χ4v) is 2.11. The molecular formula is C13H18BrNO2. The van der Waals surface area contributed by atoms with Crippen LogP contribution >= 0.6 is 15.9 Å². The highest BCUT2D eigenvalue weighted by Crippen LogP contribution is 2.19. The number of carboxylic acid groups (broad SMARTS) is 1. The van der Waals surface area contributed by atoms with Gasteiger partial charge in [-0.15, -0.1) is 0 Å². The molecule has 0 aliphatic carbocycles. The fourth-order valence-electron chi connectivity index (χ4n) is 1.69. The van der Waals surface area contributed by atoms with Crippen LogP contribution in [0.25, 0.3) is 0 Å². The largest absolute Gasteiger partial charge is 0.480 e. The Balaban J connectivity index is 2.77. The summed E-state index contributed by atoms with van der Waals surface area (Å²) < 4.78 is 1.00. The molecular weight excluding hydrogens is 282 g/mol. The molecule has 2 N–H and O–H groups in total. The third-order valence-corrected chi connectivity index (χ3v) is 3.20. The number of aliphatic carboxylic acids is 1. The highest BCUT2D eigenvalue weighted by Gasteiger charge is 2.23. The number of nitrogens with one attached hydrogen (secondary N) is 1. The van der Waals surface area contributed by atoms with Crippen molar-refractivity contribution in [2.45, 2.75) is 32.9 Å². The van der Waals surface area contributed by atoms with Gasteiger partial charge in [0.25, 0.3) is 0 Å². The number of hydrogen-bond acceptors (Lipinski definition) is 2. The average Bonchev–Trinajstić information content (AvgIpc) is 2.24. The van der Waals surface area contributed by atoms with Crippen molar-refractivity contribution >= 4 is 21.9 Å². The molecule has 0 radical (unpaired) electrons. The minimum Gasteiger partial charge on any atom is -0.480 e. The lowest BCUT2D eigenvalue weighted by atomic mass is 10.0. The zero-order valence-corrected chi connectivity index (χ0v) is 11.9. The number of halogens is 1. The van der Waals surface area contributed by atoms with E-state index < -0.39 is 12.0 Å². The van der Waals surface area contributed by atoms with Crippen LogP contribution in [0.2, 0.25) is 0 Å². The number of hydrogen-bond donors (Lipinski definition) is 2. The molecule has 1 aromatic carbocycles. The van der Waals surface area contributed by atoms with Gasteiger partial charge in [-0.2, -0.15) is 0 Å². The maximum atomic E-state index is 11.1. The minimum atomic E-state index is -0.804. The second-order valence-corrected chi connectivity index (χ2v) is 5.42. The molecule has 0 fully saturated rings. The first-order valence-corrected chi connectivity index (χ1v) is 6.45. The van der Waals surface area contributed by atoms with Gasteiger partial charge in [0.2, 0.25) is 0 Å². The molecule has 0 saturated carbocycles. The van der Waals surface area contributed by atoms with E-state index in [-0.39, 0.29) is 12.0 Å². The number of carboxylic acids is 1. The first-order chi connectivity index (χ1) is 7.91. The van der Waals surface area contributed by atoms with Gasteiger partial charge in [-0.1, -0.05) is 41.9 Å². The Bertz CT molecular complexity index is 393. The molecule has 0 bridgehead atoms. The minimum absolute atomic E-state index is 0.0102. The molecule has 1 aromatic rings. The van der Waals surface area contributed by atoms with Crippen LogP contribution in [-0.4, -0.2) is 17.1 Å². The molecule has 0 aliphatic rings. The summed E-state index contributed by atoms with van der Waals surface area (Å²) >= 11 is 3.41. The van der Waals surface area contributed by atoms with Crippen LogP contribution in [0.15, 0.2) is 28.7 Å². The van der Waals surface area contributed by atoms with Gasteiger partial charge in [-0.3, -0.25) is 10.1 Å². The highest BCUT2D eigenvalue weighted by atomic mass is 79.9. The van der Waals surface area contributed by atoms with Crippen LogP contribution < -0.4 is 5.32 Å². The van der Waals surface area contributed by atoms with Crippen molar-refractivity contribution in [3.8, 4) is 0 Å². The van der Waals surface area contributed by atoms with E-state index in [1.165, 1.54) is 0 Å². The van der Waals surface area contributed by atoms with Crippen molar-refractivity contribution in [2.75, 3.05) is 0 Å². The van der Waals surface area contributed by atoms with Crippen LogP contribution in [0.3, 0.4) is 0 Å². The summed E-state index contributed by atoms with van der Waals surface area (Å²) in [6.07, 6.45) is 0. The summed E-state index contributed by atoms with van der Waals surface area (Å²) in [5.74, 6) is -0.746. The molecule has 0 aliphatic heterocycles. The van der Waals surface area contributed by atoms with Gasteiger partial charge in [-0.05, 0) is 30.5 Å². The van der Waals surface area contributed by atoms with Crippen LogP contribution in [0.4, 0.5) is 0 Å². The van der Waals surface area contributed by atoms with Gasteiger partial charge in [-0.25, -0.2) is 0 Å². The zero-order chi connectivity index (χ0) is 13.0. The first-order valence-electron chi connectivity index (χ1n) is 5.66. The number of benzene rings is 1. The lowest BCUT2D eigenvalue weighted by molar-refractivity contribution is -0.140. The Hall–Kier alpha value is -0.870. The van der Waals surface area contributed by atoms with E-state index in [0.717, 1.165) is 10.0 Å². The van der Waals surface area contributed by atoms with Crippen LogP contribution in [0.1, 0.15) is 32.4 Å². The Morgan fingerprint density at radius 1 is 1.35 bits per heavy atom. The summed E-state index contributed by atoms with van der Waals surface area (Å²) in [5, 5.41) is 12.3. The van der Waals surface area contributed by atoms with Gasteiger partial charge in [0.1, 0.15) is 6.04 Å². The molecule has 3 nitrogen and oxygen atoms in total. The Labute approximate surface area is 110 Å². The first kappa shape index (κ1) is 14.2. The van der Waals surface area contributed by atoms with Gasteiger partial charge in [0.05, 0.1) is 0 Å². The quantitative estimate of drug-likeness (QED) is 0.878. The maximum absolute atomic E-state index is 11.1. The van der Waals surface area contributed by atoms with Crippen LogP contribution in [0.5, 0.6) is 0 Å². The van der Waals surface area contributed by atoms with Crippen molar-refractivity contribution in [2.24, 2.45) is 5.92 Å². The Morgan fingerprint density at radius 3 is 2.47 bits per heavy atom. The monoisotopic (exact) mass is 299 g/mol. The van der Waals surface area contributed by atoms with Crippen molar-refractivity contribution in [3.63, 3.8) is 0 Å². The summed E-state index contributed by atoms with van der Waals surface area (Å²) in [5.41, 5.74) is 1.08. The van der Waals surface area contributed by atoms with E-state index in [1.54, 1.807) is 0 Å². The fraction of sp³-hybridized carbons (Fsp3) is 0.462. The zero-order valence-electron chi connectivity index (χ0n) is 10.3. The standard InChI is InChI=1S/C13H18BrNO2/c1-8(2)12(13(16)17)15-9(3)10-5-4-6-11(14)7-10/h4-9,12,15H,1-3H3,(H,16,17)/t9-,12?/m0/s1. The smallest absolute Gasteiger partial charge is 0.320 e. The Morgan fingerprint density at radius 2 is 2.00 bits per heavy atom. The van der Waals surface area contributed by atoms with E-state index in [4.69, 9.17) is 5.11 Å². The summed E-state index contributed by atoms with van der Waals surface area (Å²) in [6, 6.07) is 7.37. The van der Waals surface area contributed by atoms with Crippen molar-refractivity contribution in [1.29, 1.82) is 0 Å². The van der Waals surface area contributed by atoms with Crippen LogP contribution in [-0.2, 0) is 4.79 Å². The summed E-state index contributed by atoms with van der Waals surface area (Å²) in [4.78, 5) is 11.1. The normalized spacial score (nSPS) is 14.6. The SMILES string of the molecule is CC(C)C(N[C@@H](C)c1cccc(Br)c1)C(=O)O. The molecule has 0 saturated heterocycles. The van der Waals surface area contributed by atoms with Gasteiger partial charge < -0.3 is 5.11 Å². The molecule has 1 unspecified atom stereocenters. The van der Waals surface area contributed by atoms with Crippen LogP contribution in [0, 0.1) is 5.92 Å². The highest BCUT2D eigenvalue weighted by molar-refractivity contribution is 9.10. The maximum Gasteiger partial charge on any atom is 0.320 e.